The summed E-state index contributed by atoms with van der Waals surface area (Å²) >= 11 is 0. The van der Waals surface area contributed by atoms with Crippen molar-refractivity contribution in [2.45, 2.75) is 77.5 Å². The Morgan fingerprint density at radius 1 is 0.479 bits per heavy atom. The van der Waals surface area contributed by atoms with Crippen molar-refractivity contribution in [1.82, 2.24) is 14.7 Å². The number of aliphatic hydroxyl groups is 1. The van der Waals surface area contributed by atoms with Crippen molar-refractivity contribution < 1.29 is 38.4 Å². The summed E-state index contributed by atoms with van der Waals surface area (Å²) in [6.07, 6.45) is 25.2. The van der Waals surface area contributed by atoms with Crippen LogP contribution in [0.4, 0.5) is 0 Å². The molecule has 400 valence electrons. The lowest BCUT2D eigenvalue weighted by Crippen LogP contribution is -2.48. The average molecular weight is 1000 g/mol. The van der Waals surface area contributed by atoms with Gasteiger partial charge in [-0.3, -0.25) is 14.7 Å². The second-order valence-corrected chi connectivity index (χ2v) is 18.6. The molecule has 11 heteroatoms. The first-order chi connectivity index (χ1) is 34.5. The molecule has 0 bridgehead atoms. The Balaban J connectivity index is 0.000000947. The third-order valence-electron chi connectivity index (χ3n) is 12.3. The van der Waals surface area contributed by atoms with Crippen LogP contribution in [-0.2, 0) is 35.2 Å². The van der Waals surface area contributed by atoms with Crippen LogP contribution in [0.1, 0.15) is 49.9 Å². The van der Waals surface area contributed by atoms with Gasteiger partial charge in [-0.15, -0.1) is 25.7 Å². The number of phenolic OH excluding ortho intramolecular Hbond substituents is 1. The van der Waals surface area contributed by atoms with E-state index in [-0.39, 0.29) is 14.0 Å². The number of rotatable bonds is 27. The molecule has 0 heterocycles. The van der Waals surface area contributed by atoms with Crippen LogP contribution >= 0.6 is 0 Å². The van der Waals surface area contributed by atoms with Crippen molar-refractivity contribution >= 4 is 0 Å². The Morgan fingerprint density at radius 2 is 0.781 bits per heavy atom. The largest absolute Gasteiger partial charge is 0.508 e. The molecule has 0 aliphatic carbocycles. The van der Waals surface area contributed by atoms with E-state index in [1.54, 1.807) is 26.4 Å². The lowest BCUT2D eigenvalue weighted by atomic mass is 10.0. The number of nitrogens with zero attached hydrogens (tertiary/aromatic N) is 4. The summed E-state index contributed by atoms with van der Waals surface area (Å²) in [6.45, 7) is 14.2. The number of hydrogen-bond acceptors (Lipinski definition) is 10. The number of quaternary nitrogens is 1. The van der Waals surface area contributed by atoms with Gasteiger partial charge in [-0.05, 0) is 145 Å². The number of methoxy groups -OCH3 is 2. The van der Waals surface area contributed by atoms with Crippen molar-refractivity contribution in [2.24, 2.45) is 0 Å². The minimum Gasteiger partial charge on any atom is -0.508 e. The Bertz CT molecular complexity index is 2170. The van der Waals surface area contributed by atoms with Crippen LogP contribution < -0.4 is 14.2 Å². The minimum absolute atomic E-state index is 0. The van der Waals surface area contributed by atoms with Gasteiger partial charge in [-0.1, -0.05) is 66.3 Å². The molecule has 73 heavy (non-hydrogen) atoms. The van der Waals surface area contributed by atoms with E-state index in [0.717, 1.165) is 54.0 Å². The molecule has 4 unspecified atom stereocenters. The number of benzene rings is 4. The summed E-state index contributed by atoms with van der Waals surface area (Å²) in [6, 6.07) is 33.4. The van der Waals surface area contributed by atoms with Gasteiger partial charge in [0, 0.05) is 38.8 Å². The number of ether oxygens (including phenoxy) is 5. The second kappa shape index (κ2) is 39.6. The fraction of sp³-hybridized carbons (Fsp3) is 0.468. The van der Waals surface area contributed by atoms with Gasteiger partial charge >= 0.3 is 0 Å². The number of likely N-dealkylation sites (N-methyl/N-ethyl adjacent to an activating group) is 4. The minimum atomic E-state index is 0. The molecule has 11 nitrogen and oxygen atoms in total. The smallest absolute Gasteiger partial charge is 0.140 e. The van der Waals surface area contributed by atoms with Crippen molar-refractivity contribution in [2.75, 3.05) is 115 Å². The zero-order valence-electron chi connectivity index (χ0n) is 46.5. The molecule has 0 amide bonds. The van der Waals surface area contributed by atoms with Gasteiger partial charge in [-0.2, -0.15) is 0 Å². The molecule has 0 aliphatic rings. The van der Waals surface area contributed by atoms with Gasteiger partial charge in [0.2, 0.25) is 0 Å². The molecular formula is C62H90N4O7. The summed E-state index contributed by atoms with van der Waals surface area (Å²) in [5.74, 6) is 13.6. The zero-order valence-corrected chi connectivity index (χ0v) is 46.5. The van der Waals surface area contributed by atoms with Crippen LogP contribution in [0.15, 0.2) is 97.1 Å². The van der Waals surface area contributed by atoms with Crippen LogP contribution in [0, 0.1) is 56.8 Å². The Kier molecular flexibility index (Phi) is 36.3. The SMILES string of the molecule is C#CCN(C)C(C)Cc1ccc(O)cc1.C#CCN(C)C(C)Cc1ccc(OCCO)cc1.C#CCN(C)C(C)Cc1ccc(OCCOC)cc1.C#CC[N+](C)(C)C(C)Cc1ccc(OCCOC)cc1.[CH3-]. The molecule has 4 aromatic rings. The van der Waals surface area contributed by atoms with E-state index in [1.807, 2.05) is 81.8 Å². The topological polar surface area (TPSA) is 96.3 Å². The Morgan fingerprint density at radius 3 is 1.07 bits per heavy atom. The monoisotopic (exact) mass is 1000 g/mol. The number of hydrogen-bond donors (Lipinski definition) is 2. The van der Waals surface area contributed by atoms with Gasteiger partial charge in [0.25, 0.3) is 0 Å². The highest BCUT2D eigenvalue weighted by molar-refractivity contribution is 5.30. The molecule has 0 aliphatic heterocycles. The standard InChI is InChI=1S/C17H26NO2.C16H23NO2.C15H21NO2.C13H17NO.CH3/c1-6-11-18(3,4)15(2)14-16-7-9-17(10-8-16)20-13-12-19-5;1-5-10-17(3)14(2)13-15-6-8-16(9-7-15)19-12-11-18-4;1-4-9-16(3)13(2)12-14-5-7-15(8-6-14)18-11-10-17;1-4-9-14(3)11(2)10-12-5-7-13(15)8-6-12;/h1,7-10,15H,11-14H2,2-5H3;1,6-9,14H,10-13H2,2-4H3;1,5-8,13,17H,9-12H2,2-3H3;1,5-8,11,15H,9-10H2,2-3H3;1H3/q+1;;;;-1. The molecule has 0 saturated carbocycles. The predicted octanol–water partition coefficient (Wildman–Crippen LogP) is 8.45. The first kappa shape index (κ1) is 67.0. The molecule has 4 rings (SSSR count). The fourth-order valence-corrected chi connectivity index (χ4v) is 6.82. The normalized spacial score (nSPS) is 12.2. The highest BCUT2D eigenvalue weighted by Crippen LogP contribution is 2.19. The molecular weight excluding hydrogens is 913 g/mol. The molecule has 4 aromatic carbocycles. The first-order valence-corrected chi connectivity index (χ1v) is 24.7. The van der Waals surface area contributed by atoms with Crippen molar-refractivity contribution in [3.63, 3.8) is 0 Å². The fourth-order valence-electron chi connectivity index (χ4n) is 6.82. The maximum atomic E-state index is 9.15. The molecule has 0 saturated heterocycles. The van der Waals surface area contributed by atoms with Gasteiger partial charge < -0.3 is 45.8 Å². The third-order valence-corrected chi connectivity index (χ3v) is 12.3. The van der Waals surface area contributed by atoms with E-state index in [0.29, 0.717) is 82.6 Å². The van der Waals surface area contributed by atoms with Crippen molar-refractivity contribution in [1.29, 1.82) is 0 Å². The lowest BCUT2D eigenvalue weighted by Gasteiger charge is -2.34. The average Bonchev–Trinajstić information content (AvgIpc) is 3.36. The summed E-state index contributed by atoms with van der Waals surface area (Å²) in [4.78, 5) is 6.45. The Hall–Kier alpha value is -5.96. The van der Waals surface area contributed by atoms with E-state index < -0.39 is 0 Å². The van der Waals surface area contributed by atoms with Gasteiger partial charge in [0.1, 0.15) is 49.4 Å². The van der Waals surface area contributed by atoms with Crippen LogP contribution in [0.2, 0.25) is 0 Å². The zero-order chi connectivity index (χ0) is 53.7. The number of terminal acetylenes is 4. The highest BCUT2D eigenvalue weighted by Gasteiger charge is 2.23. The van der Waals surface area contributed by atoms with Crippen molar-refractivity contribution in [3.8, 4) is 72.4 Å². The Labute approximate surface area is 443 Å². The van der Waals surface area contributed by atoms with Crippen LogP contribution in [-0.4, -0.2) is 169 Å². The van der Waals surface area contributed by atoms with Crippen LogP contribution in [0.5, 0.6) is 23.0 Å². The van der Waals surface area contributed by atoms with Crippen molar-refractivity contribution in [3.05, 3.63) is 127 Å². The summed E-state index contributed by atoms with van der Waals surface area (Å²) in [5, 5.41) is 17.8. The number of aliphatic hydroxyl groups excluding tert-OH is 1. The van der Waals surface area contributed by atoms with Gasteiger partial charge in [-0.25, -0.2) is 0 Å². The highest BCUT2D eigenvalue weighted by atomic mass is 16.5. The summed E-state index contributed by atoms with van der Waals surface area (Å²) < 4.78 is 27.1. The first-order valence-electron chi connectivity index (χ1n) is 24.7. The van der Waals surface area contributed by atoms with Crippen LogP contribution in [0.3, 0.4) is 0 Å². The van der Waals surface area contributed by atoms with E-state index in [2.05, 4.69) is 104 Å². The van der Waals surface area contributed by atoms with E-state index >= 15 is 0 Å². The van der Waals surface area contributed by atoms with Gasteiger partial charge in [0.05, 0.1) is 59.6 Å². The third kappa shape index (κ3) is 30.0. The maximum absolute atomic E-state index is 9.15. The van der Waals surface area contributed by atoms with E-state index in [1.165, 1.54) is 22.3 Å². The quantitative estimate of drug-likeness (QED) is 0.0263. The predicted molar refractivity (Wildman–Crippen MR) is 304 cm³/mol. The molecule has 0 radical (unpaired) electrons. The maximum Gasteiger partial charge on any atom is 0.140 e. The molecule has 0 aromatic heterocycles. The summed E-state index contributed by atoms with van der Waals surface area (Å²) in [7, 11) is 13.8. The summed E-state index contributed by atoms with van der Waals surface area (Å²) in [5.41, 5.74) is 5.06. The molecule has 4 atom stereocenters. The molecule has 0 fully saturated rings. The molecule has 2 N–H and O–H groups in total. The van der Waals surface area contributed by atoms with Gasteiger partial charge in [0.15, 0.2) is 0 Å². The second-order valence-electron chi connectivity index (χ2n) is 18.6. The number of phenols is 1. The van der Waals surface area contributed by atoms with E-state index in [4.69, 9.17) is 59.6 Å². The van der Waals surface area contributed by atoms with Crippen LogP contribution in [0.25, 0.3) is 0 Å². The lowest BCUT2D eigenvalue weighted by molar-refractivity contribution is -0.906. The number of aromatic hydroxyl groups is 1. The van der Waals surface area contributed by atoms with E-state index in [9.17, 15) is 0 Å². The molecule has 0 spiro atoms.